The summed E-state index contributed by atoms with van der Waals surface area (Å²) >= 11 is 6.01. The van der Waals surface area contributed by atoms with Crippen molar-refractivity contribution in [3.63, 3.8) is 0 Å². The molecule has 1 N–H and O–H groups in total. The SMILES string of the molecule is CC/C=N/[C@@H](CCc1ccccc1Cl)C(=O)O. The molecule has 0 aliphatic heterocycles. The lowest BCUT2D eigenvalue weighted by Crippen LogP contribution is -2.18. The van der Waals surface area contributed by atoms with Crippen molar-refractivity contribution in [1.82, 2.24) is 0 Å². The Kier molecular flexibility index (Phi) is 5.70. The van der Waals surface area contributed by atoms with Gasteiger partial charge in [-0.2, -0.15) is 0 Å². The van der Waals surface area contributed by atoms with Gasteiger partial charge in [-0.25, -0.2) is 4.79 Å². The smallest absolute Gasteiger partial charge is 0.328 e. The Balaban J connectivity index is 2.61. The number of carboxylic acids is 1. The third-order valence-corrected chi connectivity index (χ3v) is 2.77. The van der Waals surface area contributed by atoms with Gasteiger partial charge in [0.2, 0.25) is 0 Å². The van der Waals surface area contributed by atoms with Crippen LogP contribution in [-0.4, -0.2) is 23.3 Å². The van der Waals surface area contributed by atoms with Gasteiger partial charge in [-0.15, -0.1) is 0 Å². The first kappa shape index (κ1) is 13.7. The Morgan fingerprint density at radius 1 is 1.53 bits per heavy atom. The van der Waals surface area contributed by atoms with Crippen molar-refractivity contribution in [3.8, 4) is 0 Å². The Hall–Kier alpha value is -1.35. The first-order chi connectivity index (χ1) is 8.15. The van der Waals surface area contributed by atoms with E-state index in [9.17, 15) is 4.79 Å². The van der Waals surface area contributed by atoms with Crippen LogP contribution in [0.25, 0.3) is 0 Å². The number of halogens is 1. The highest BCUT2D eigenvalue weighted by atomic mass is 35.5. The monoisotopic (exact) mass is 253 g/mol. The topological polar surface area (TPSA) is 49.7 Å². The van der Waals surface area contributed by atoms with Crippen molar-refractivity contribution in [2.45, 2.75) is 32.2 Å². The molecule has 0 saturated heterocycles. The van der Waals surface area contributed by atoms with Crippen LogP contribution in [0.5, 0.6) is 0 Å². The number of aliphatic carboxylic acids is 1. The van der Waals surface area contributed by atoms with Crippen LogP contribution < -0.4 is 0 Å². The minimum atomic E-state index is -0.887. The van der Waals surface area contributed by atoms with Crippen molar-refractivity contribution < 1.29 is 9.90 Å². The summed E-state index contributed by atoms with van der Waals surface area (Å²) in [6, 6.07) is 6.79. The zero-order chi connectivity index (χ0) is 12.7. The average Bonchev–Trinajstić information content (AvgIpc) is 2.31. The summed E-state index contributed by atoms with van der Waals surface area (Å²) in [6.45, 7) is 1.93. The summed E-state index contributed by atoms with van der Waals surface area (Å²) in [4.78, 5) is 15.0. The van der Waals surface area contributed by atoms with E-state index in [1.807, 2.05) is 31.2 Å². The second kappa shape index (κ2) is 7.07. The highest BCUT2D eigenvalue weighted by Crippen LogP contribution is 2.17. The molecule has 0 aliphatic rings. The normalized spacial score (nSPS) is 12.8. The van der Waals surface area contributed by atoms with Crippen molar-refractivity contribution in [1.29, 1.82) is 0 Å². The number of benzene rings is 1. The number of carbonyl (C=O) groups is 1. The maximum atomic E-state index is 11.0. The van der Waals surface area contributed by atoms with Gasteiger partial charge < -0.3 is 5.11 Å². The maximum absolute atomic E-state index is 11.0. The van der Waals surface area contributed by atoms with Gasteiger partial charge in [-0.05, 0) is 37.1 Å². The molecule has 0 aliphatic carbocycles. The zero-order valence-electron chi connectivity index (χ0n) is 9.77. The number of aliphatic imine (C=N–C) groups is 1. The van der Waals surface area contributed by atoms with E-state index in [0.29, 0.717) is 17.9 Å². The van der Waals surface area contributed by atoms with Crippen LogP contribution in [0.1, 0.15) is 25.3 Å². The predicted octanol–water partition coefficient (Wildman–Crippen LogP) is 3.21. The van der Waals surface area contributed by atoms with E-state index in [4.69, 9.17) is 16.7 Å². The average molecular weight is 254 g/mol. The Morgan fingerprint density at radius 3 is 2.82 bits per heavy atom. The molecule has 0 amide bonds. The third-order valence-electron chi connectivity index (χ3n) is 2.40. The number of hydrogen-bond donors (Lipinski definition) is 1. The summed E-state index contributed by atoms with van der Waals surface area (Å²) in [5, 5.41) is 9.68. The lowest BCUT2D eigenvalue weighted by atomic mass is 10.1. The standard InChI is InChI=1S/C13H16ClNO2/c1-2-9-15-12(13(16)17)8-7-10-5-3-4-6-11(10)14/h3-6,9,12H,2,7-8H2,1H3,(H,16,17)/b15-9+/t12-/m0/s1. The molecule has 17 heavy (non-hydrogen) atoms. The van der Waals surface area contributed by atoms with Crippen LogP contribution in [0.3, 0.4) is 0 Å². The molecule has 1 rings (SSSR count). The van der Waals surface area contributed by atoms with E-state index < -0.39 is 12.0 Å². The minimum absolute atomic E-state index is 0.468. The van der Waals surface area contributed by atoms with Gasteiger partial charge in [0.05, 0.1) is 0 Å². The van der Waals surface area contributed by atoms with Crippen LogP contribution in [0.4, 0.5) is 0 Å². The highest BCUT2D eigenvalue weighted by molar-refractivity contribution is 6.31. The number of aryl methyl sites for hydroxylation is 1. The quantitative estimate of drug-likeness (QED) is 0.792. The number of nitrogens with zero attached hydrogens (tertiary/aromatic N) is 1. The molecule has 0 unspecified atom stereocenters. The first-order valence-electron chi connectivity index (χ1n) is 5.63. The van der Waals surface area contributed by atoms with Gasteiger partial charge in [0.15, 0.2) is 0 Å². The number of carboxylic acid groups (broad SMARTS) is 1. The van der Waals surface area contributed by atoms with Gasteiger partial charge in [0.1, 0.15) is 6.04 Å². The van der Waals surface area contributed by atoms with Crippen LogP contribution in [0.15, 0.2) is 29.3 Å². The minimum Gasteiger partial charge on any atom is -0.480 e. The highest BCUT2D eigenvalue weighted by Gasteiger charge is 2.15. The lowest BCUT2D eigenvalue weighted by Gasteiger charge is -2.08. The second-order valence-electron chi connectivity index (χ2n) is 3.72. The Bertz CT molecular complexity index is 404. The van der Waals surface area contributed by atoms with Gasteiger partial charge in [-0.1, -0.05) is 36.7 Å². The molecule has 0 spiro atoms. The molecule has 1 aromatic carbocycles. The van der Waals surface area contributed by atoms with Crippen molar-refractivity contribution in [3.05, 3.63) is 34.9 Å². The third kappa shape index (κ3) is 4.57. The van der Waals surface area contributed by atoms with E-state index in [0.717, 1.165) is 12.0 Å². The number of rotatable bonds is 6. The van der Waals surface area contributed by atoms with Gasteiger partial charge >= 0.3 is 5.97 Å². The van der Waals surface area contributed by atoms with Gasteiger partial charge in [-0.3, -0.25) is 4.99 Å². The molecule has 4 heteroatoms. The van der Waals surface area contributed by atoms with Gasteiger partial charge in [0.25, 0.3) is 0 Å². The van der Waals surface area contributed by atoms with Crippen molar-refractivity contribution in [2.75, 3.05) is 0 Å². The van der Waals surface area contributed by atoms with Crippen LogP contribution >= 0.6 is 11.6 Å². The van der Waals surface area contributed by atoms with Crippen molar-refractivity contribution >= 4 is 23.8 Å². The van der Waals surface area contributed by atoms with E-state index in [2.05, 4.69) is 4.99 Å². The molecular formula is C13H16ClNO2. The molecule has 0 bridgehead atoms. The molecule has 0 radical (unpaired) electrons. The van der Waals surface area contributed by atoms with Crippen molar-refractivity contribution in [2.24, 2.45) is 4.99 Å². The molecule has 0 heterocycles. The second-order valence-corrected chi connectivity index (χ2v) is 4.13. The van der Waals surface area contributed by atoms with Gasteiger partial charge in [0, 0.05) is 5.02 Å². The van der Waals surface area contributed by atoms with Crippen LogP contribution in [0.2, 0.25) is 5.02 Å². The lowest BCUT2D eigenvalue weighted by molar-refractivity contribution is -0.138. The Labute approximate surface area is 106 Å². The summed E-state index contributed by atoms with van der Waals surface area (Å²) < 4.78 is 0. The molecule has 1 aromatic rings. The van der Waals surface area contributed by atoms with E-state index in [1.54, 1.807) is 6.21 Å². The van der Waals surface area contributed by atoms with Crippen LogP contribution in [0, 0.1) is 0 Å². The van der Waals surface area contributed by atoms with Crippen LogP contribution in [-0.2, 0) is 11.2 Å². The summed E-state index contributed by atoms with van der Waals surface area (Å²) in [5.74, 6) is -0.887. The molecule has 1 atom stereocenters. The molecule has 0 saturated carbocycles. The Morgan fingerprint density at radius 2 is 2.24 bits per heavy atom. The summed E-state index contributed by atoms with van der Waals surface area (Å²) in [5.41, 5.74) is 0.965. The predicted molar refractivity (Wildman–Crippen MR) is 70.0 cm³/mol. The summed E-state index contributed by atoms with van der Waals surface area (Å²) in [6.07, 6.45) is 3.48. The summed E-state index contributed by atoms with van der Waals surface area (Å²) in [7, 11) is 0. The number of hydrogen-bond acceptors (Lipinski definition) is 2. The fraction of sp³-hybridized carbons (Fsp3) is 0.385. The first-order valence-corrected chi connectivity index (χ1v) is 6.00. The fourth-order valence-electron chi connectivity index (χ4n) is 1.49. The molecular weight excluding hydrogens is 238 g/mol. The maximum Gasteiger partial charge on any atom is 0.328 e. The van der Waals surface area contributed by atoms with E-state index in [1.165, 1.54) is 0 Å². The van der Waals surface area contributed by atoms with E-state index >= 15 is 0 Å². The molecule has 0 fully saturated rings. The molecule has 92 valence electrons. The largest absolute Gasteiger partial charge is 0.480 e. The molecule has 0 aromatic heterocycles. The fourth-order valence-corrected chi connectivity index (χ4v) is 1.72. The zero-order valence-corrected chi connectivity index (χ0v) is 10.5. The molecule has 3 nitrogen and oxygen atoms in total. The van der Waals surface area contributed by atoms with E-state index in [-0.39, 0.29) is 0 Å².